The van der Waals surface area contributed by atoms with E-state index in [1.165, 1.54) is 12.1 Å². The summed E-state index contributed by atoms with van der Waals surface area (Å²) in [6.45, 7) is 4.02. The van der Waals surface area contributed by atoms with Gasteiger partial charge in [-0.1, -0.05) is 13.8 Å². The van der Waals surface area contributed by atoms with E-state index in [2.05, 4.69) is 0 Å². The number of rotatable bonds is 6. The van der Waals surface area contributed by atoms with Crippen LogP contribution in [0, 0.1) is 16.0 Å². The SMILES string of the molecule is CC(C)CC(N)C(=O)OCc1ccc([N+](=O)[O-])cc1.[Br-]. The summed E-state index contributed by atoms with van der Waals surface area (Å²) in [5, 5.41) is 10.5. The second-order valence-electron chi connectivity index (χ2n) is 4.77. The van der Waals surface area contributed by atoms with Crippen molar-refractivity contribution >= 4 is 11.7 Å². The average Bonchev–Trinajstić information content (AvgIpc) is 2.35. The molecule has 112 valence electrons. The van der Waals surface area contributed by atoms with E-state index in [1.807, 2.05) is 13.8 Å². The van der Waals surface area contributed by atoms with Crippen LogP contribution in [0.2, 0.25) is 0 Å². The first-order valence-electron chi connectivity index (χ1n) is 6.05. The molecule has 0 aromatic heterocycles. The number of non-ortho nitro benzene ring substituents is 1. The van der Waals surface area contributed by atoms with Gasteiger partial charge in [0.15, 0.2) is 0 Å². The molecule has 7 heteroatoms. The third-order valence-electron chi connectivity index (χ3n) is 2.56. The minimum Gasteiger partial charge on any atom is -1.00 e. The van der Waals surface area contributed by atoms with Gasteiger partial charge in [0.1, 0.15) is 12.6 Å². The Kier molecular flexibility index (Phi) is 8.02. The second kappa shape index (κ2) is 8.65. The molecule has 20 heavy (non-hydrogen) atoms. The van der Waals surface area contributed by atoms with E-state index in [4.69, 9.17) is 10.5 Å². The normalized spacial score (nSPS) is 11.6. The third kappa shape index (κ3) is 6.12. The Balaban J connectivity index is 0.00000361. The van der Waals surface area contributed by atoms with Crippen LogP contribution in [0.3, 0.4) is 0 Å². The summed E-state index contributed by atoms with van der Waals surface area (Å²) in [7, 11) is 0. The zero-order valence-corrected chi connectivity index (χ0v) is 13.0. The fourth-order valence-corrected chi connectivity index (χ4v) is 1.58. The molecule has 1 rings (SSSR count). The predicted octanol–water partition coefficient (Wildman–Crippen LogP) is -0.985. The minimum atomic E-state index is -0.627. The number of nitrogens with two attached hydrogens (primary N) is 1. The van der Waals surface area contributed by atoms with Crippen molar-refractivity contribution in [2.24, 2.45) is 11.7 Å². The molecule has 1 unspecified atom stereocenters. The van der Waals surface area contributed by atoms with Gasteiger partial charge in [-0.15, -0.1) is 0 Å². The first-order chi connectivity index (χ1) is 8.90. The highest BCUT2D eigenvalue weighted by Gasteiger charge is 2.16. The summed E-state index contributed by atoms with van der Waals surface area (Å²) in [6.07, 6.45) is 0.569. The molecular formula is C13H18BrN2O4-. The van der Waals surface area contributed by atoms with Crippen LogP contribution in [0.1, 0.15) is 25.8 Å². The van der Waals surface area contributed by atoms with E-state index >= 15 is 0 Å². The van der Waals surface area contributed by atoms with Gasteiger partial charge in [0.2, 0.25) is 0 Å². The summed E-state index contributed by atoms with van der Waals surface area (Å²) < 4.78 is 5.06. The maximum atomic E-state index is 11.6. The zero-order valence-electron chi connectivity index (χ0n) is 11.4. The number of carbonyl (C=O) groups excluding carboxylic acids is 1. The van der Waals surface area contributed by atoms with Crippen molar-refractivity contribution in [3.8, 4) is 0 Å². The molecule has 1 atom stereocenters. The second-order valence-corrected chi connectivity index (χ2v) is 4.77. The van der Waals surface area contributed by atoms with Gasteiger partial charge in [0.25, 0.3) is 5.69 Å². The summed E-state index contributed by atoms with van der Waals surface area (Å²) >= 11 is 0. The predicted molar refractivity (Wildman–Crippen MR) is 70.3 cm³/mol. The molecule has 0 aliphatic heterocycles. The van der Waals surface area contributed by atoms with Gasteiger partial charge in [-0.25, -0.2) is 0 Å². The van der Waals surface area contributed by atoms with E-state index in [1.54, 1.807) is 12.1 Å². The fourth-order valence-electron chi connectivity index (χ4n) is 1.58. The van der Waals surface area contributed by atoms with Gasteiger partial charge < -0.3 is 27.5 Å². The molecule has 0 radical (unpaired) electrons. The quantitative estimate of drug-likeness (QED) is 0.406. The Morgan fingerprint density at radius 1 is 1.35 bits per heavy atom. The lowest BCUT2D eigenvalue weighted by Gasteiger charge is -2.13. The van der Waals surface area contributed by atoms with Gasteiger partial charge in [0, 0.05) is 12.1 Å². The molecule has 0 spiro atoms. The molecule has 0 aliphatic rings. The minimum absolute atomic E-state index is 0. The van der Waals surface area contributed by atoms with Crippen LogP contribution in [-0.4, -0.2) is 16.9 Å². The largest absolute Gasteiger partial charge is 1.00 e. The molecule has 1 aromatic rings. The van der Waals surface area contributed by atoms with E-state index < -0.39 is 16.9 Å². The fraction of sp³-hybridized carbons (Fsp3) is 0.462. The van der Waals surface area contributed by atoms with Gasteiger partial charge in [0.05, 0.1) is 4.92 Å². The topological polar surface area (TPSA) is 95.5 Å². The highest BCUT2D eigenvalue weighted by atomic mass is 79.9. The molecule has 0 fully saturated rings. The number of hydrogen-bond acceptors (Lipinski definition) is 5. The third-order valence-corrected chi connectivity index (χ3v) is 2.56. The molecule has 1 aromatic carbocycles. The lowest BCUT2D eigenvalue weighted by atomic mass is 10.1. The molecule has 6 nitrogen and oxygen atoms in total. The Morgan fingerprint density at radius 2 is 1.90 bits per heavy atom. The van der Waals surface area contributed by atoms with Crippen LogP contribution >= 0.6 is 0 Å². The number of carbonyl (C=O) groups is 1. The van der Waals surface area contributed by atoms with Crippen molar-refractivity contribution < 1.29 is 31.4 Å². The van der Waals surface area contributed by atoms with Gasteiger partial charge >= 0.3 is 5.97 Å². The number of hydrogen-bond donors (Lipinski definition) is 1. The lowest BCUT2D eigenvalue weighted by Crippen LogP contribution is -3.00. The summed E-state index contributed by atoms with van der Waals surface area (Å²) in [5.41, 5.74) is 6.38. The number of nitro groups is 1. The number of nitro benzene ring substituents is 1. The van der Waals surface area contributed by atoms with E-state index in [9.17, 15) is 14.9 Å². The average molecular weight is 346 g/mol. The van der Waals surface area contributed by atoms with Crippen molar-refractivity contribution in [2.75, 3.05) is 0 Å². The highest BCUT2D eigenvalue weighted by molar-refractivity contribution is 5.75. The smallest absolute Gasteiger partial charge is 0.323 e. The maximum Gasteiger partial charge on any atom is 0.323 e. The monoisotopic (exact) mass is 345 g/mol. The van der Waals surface area contributed by atoms with Crippen LogP contribution < -0.4 is 22.7 Å². The number of nitrogens with zero attached hydrogens (tertiary/aromatic N) is 1. The van der Waals surface area contributed by atoms with Crippen molar-refractivity contribution in [3.63, 3.8) is 0 Å². The lowest BCUT2D eigenvalue weighted by molar-refractivity contribution is -0.384. The highest BCUT2D eigenvalue weighted by Crippen LogP contribution is 2.13. The number of halogens is 1. The Labute approximate surface area is 128 Å². The summed E-state index contributed by atoms with van der Waals surface area (Å²) in [4.78, 5) is 21.6. The van der Waals surface area contributed by atoms with Gasteiger partial charge in [-0.3, -0.25) is 14.9 Å². The van der Waals surface area contributed by atoms with Crippen molar-refractivity contribution in [3.05, 3.63) is 39.9 Å². The van der Waals surface area contributed by atoms with E-state index in [0.717, 1.165) is 0 Å². The zero-order chi connectivity index (χ0) is 14.4. The van der Waals surface area contributed by atoms with Crippen LogP contribution in [0.25, 0.3) is 0 Å². The number of esters is 1. The van der Waals surface area contributed by atoms with E-state index in [-0.39, 0.29) is 29.3 Å². The summed E-state index contributed by atoms with van der Waals surface area (Å²) in [5.74, 6) is -0.131. The standard InChI is InChI=1S/C13H18N2O4.BrH/c1-9(2)7-12(14)13(16)19-8-10-3-5-11(6-4-10)15(17)18;/h3-6,9,12H,7-8,14H2,1-2H3;1H/p-1. The number of ether oxygens (including phenoxy) is 1. The number of benzene rings is 1. The van der Waals surface area contributed by atoms with E-state index in [0.29, 0.717) is 17.9 Å². The molecule has 0 saturated heterocycles. The van der Waals surface area contributed by atoms with Gasteiger partial charge in [-0.2, -0.15) is 0 Å². The Bertz CT molecular complexity index is 448. The summed E-state index contributed by atoms with van der Waals surface area (Å²) in [6, 6.07) is 5.23. The molecule has 0 amide bonds. The first-order valence-corrected chi connectivity index (χ1v) is 6.05. The maximum absolute atomic E-state index is 11.6. The molecule has 0 heterocycles. The van der Waals surface area contributed by atoms with Crippen LogP contribution in [0.15, 0.2) is 24.3 Å². The Hall–Kier alpha value is -1.47. The molecule has 0 saturated carbocycles. The van der Waals surface area contributed by atoms with Crippen molar-refractivity contribution in [1.29, 1.82) is 0 Å². The van der Waals surface area contributed by atoms with Crippen LogP contribution in [0.4, 0.5) is 5.69 Å². The molecule has 0 aliphatic carbocycles. The van der Waals surface area contributed by atoms with Gasteiger partial charge in [-0.05, 0) is 30.0 Å². The Morgan fingerprint density at radius 3 is 2.35 bits per heavy atom. The van der Waals surface area contributed by atoms with Crippen molar-refractivity contribution in [2.45, 2.75) is 32.9 Å². The molecule has 2 N–H and O–H groups in total. The van der Waals surface area contributed by atoms with Crippen LogP contribution in [-0.2, 0) is 16.1 Å². The molecular weight excluding hydrogens is 328 g/mol. The van der Waals surface area contributed by atoms with Crippen molar-refractivity contribution in [1.82, 2.24) is 0 Å². The first kappa shape index (κ1) is 18.5. The van der Waals surface area contributed by atoms with Crippen LogP contribution in [0.5, 0.6) is 0 Å². The molecule has 0 bridgehead atoms.